The molecule has 0 heterocycles. The molecule has 2 rings (SSSR count). The zero-order valence-electron chi connectivity index (χ0n) is 9.96. The fourth-order valence-corrected chi connectivity index (χ4v) is 2.39. The van der Waals surface area contributed by atoms with Gasteiger partial charge in [-0.25, -0.2) is 4.39 Å². The molecule has 0 amide bonds. The molecule has 1 aromatic rings. The highest BCUT2D eigenvalue weighted by Crippen LogP contribution is 2.44. The van der Waals surface area contributed by atoms with Crippen molar-refractivity contribution in [3.8, 4) is 0 Å². The summed E-state index contributed by atoms with van der Waals surface area (Å²) in [4.78, 5) is 0. The van der Waals surface area contributed by atoms with Gasteiger partial charge in [0.1, 0.15) is 5.82 Å². The summed E-state index contributed by atoms with van der Waals surface area (Å²) in [5.74, 6) is -0.247. The highest BCUT2D eigenvalue weighted by molar-refractivity contribution is 5.23. The molecule has 0 radical (unpaired) electrons. The van der Waals surface area contributed by atoms with E-state index in [1.54, 1.807) is 12.1 Å². The average Bonchev–Trinajstić information content (AvgIpc) is 2.24. The summed E-state index contributed by atoms with van der Waals surface area (Å²) in [7, 11) is 0. The molecule has 0 aliphatic heterocycles. The van der Waals surface area contributed by atoms with Crippen LogP contribution in [0, 0.1) is 11.2 Å². The smallest absolute Gasteiger partial charge is 0.123 e. The van der Waals surface area contributed by atoms with E-state index in [1.807, 2.05) is 0 Å². The van der Waals surface area contributed by atoms with Crippen molar-refractivity contribution < 1.29 is 9.50 Å². The Morgan fingerprint density at radius 3 is 2.00 bits per heavy atom. The molecular formula is C14H19FO. The lowest BCUT2D eigenvalue weighted by Gasteiger charge is -2.40. The zero-order chi connectivity index (χ0) is 11.8. The third kappa shape index (κ3) is 2.27. The first-order chi connectivity index (χ1) is 7.41. The van der Waals surface area contributed by atoms with Gasteiger partial charge in [0.15, 0.2) is 0 Å². The normalized spacial score (nSPS) is 23.0. The molecule has 1 aliphatic rings. The topological polar surface area (TPSA) is 20.2 Å². The molecule has 0 saturated heterocycles. The van der Waals surface area contributed by atoms with Crippen LogP contribution in [0.4, 0.5) is 4.39 Å². The van der Waals surface area contributed by atoms with Crippen molar-refractivity contribution >= 4 is 0 Å². The number of hydrogen-bond acceptors (Lipinski definition) is 1. The molecule has 1 aromatic carbocycles. The maximum Gasteiger partial charge on any atom is 0.123 e. The highest BCUT2D eigenvalue weighted by atomic mass is 19.1. The van der Waals surface area contributed by atoms with E-state index in [0.29, 0.717) is 5.41 Å². The van der Waals surface area contributed by atoms with Crippen molar-refractivity contribution in [2.45, 2.75) is 45.1 Å². The number of aliphatic hydroxyl groups is 1. The van der Waals surface area contributed by atoms with Crippen molar-refractivity contribution in [1.29, 1.82) is 0 Å². The van der Waals surface area contributed by atoms with E-state index in [-0.39, 0.29) is 5.82 Å². The molecule has 0 aromatic heterocycles. The van der Waals surface area contributed by atoms with Crippen LogP contribution in [0.1, 0.15) is 45.1 Å². The van der Waals surface area contributed by atoms with Crippen LogP contribution in [0.25, 0.3) is 0 Å². The van der Waals surface area contributed by atoms with Crippen LogP contribution < -0.4 is 0 Å². The lowest BCUT2D eigenvalue weighted by molar-refractivity contribution is -0.0306. The van der Waals surface area contributed by atoms with Crippen molar-refractivity contribution in [2.24, 2.45) is 5.41 Å². The van der Waals surface area contributed by atoms with Gasteiger partial charge in [0.2, 0.25) is 0 Å². The predicted molar refractivity (Wildman–Crippen MR) is 62.5 cm³/mol. The summed E-state index contributed by atoms with van der Waals surface area (Å²) in [5, 5.41) is 10.5. The lowest BCUT2D eigenvalue weighted by atomic mass is 9.69. The van der Waals surface area contributed by atoms with Gasteiger partial charge in [-0.15, -0.1) is 0 Å². The molecule has 1 nitrogen and oxygen atoms in total. The third-order valence-corrected chi connectivity index (χ3v) is 3.81. The number of hydrogen-bond donors (Lipinski definition) is 1. The second kappa shape index (κ2) is 3.85. The molecular weight excluding hydrogens is 203 g/mol. The van der Waals surface area contributed by atoms with Crippen LogP contribution in [0.15, 0.2) is 24.3 Å². The van der Waals surface area contributed by atoms with Gasteiger partial charge in [-0.3, -0.25) is 0 Å². The Bertz CT molecular complexity index is 357. The monoisotopic (exact) mass is 222 g/mol. The van der Waals surface area contributed by atoms with E-state index in [2.05, 4.69) is 13.8 Å². The number of rotatable bonds is 1. The summed E-state index contributed by atoms with van der Waals surface area (Å²) in [5.41, 5.74) is 0.430. The molecule has 0 unspecified atom stereocenters. The van der Waals surface area contributed by atoms with E-state index in [4.69, 9.17) is 0 Å². The molecule has 0 spiro atoms. The molecule has 1 fully saturated rings. The molecule has 1 saturated carbocycles. The second-order valence-corrected chi connectivity index (χ2v) is 5.70. The molecule has 2 heteroatoms. The first-order valence-corrected chi connectivity index (χ1v) is 5.90. The molecule has 0 bridgehead atoms. The van der Waals surface area contributed by atoms with Gasteiger partial charge in [-0.1, -0.05) is 26.0 Å². The Labute approximate surface area is 96.3 Å². The zero-order valence-corrected chi connectivity index (χ0v) is 9.96. The molecule has 0 atom stereocenters. The van der Waals surface area contributed by atoms with E-state index < -0.39 is 5.60 Å². The van der Waals surface area contributed by atoms with Gasteiger partial charge in [0.25, 0.3) is 0 Å². The first-order valence-electron chi connectivity index (χ1n) is 5.90. The van der Waals surface area contributed by atoms with Crippen molar-refractivity contribution in [3.05, 3.63) is 35.6 Å². The van der Waals surface area contributed by atoms with Crippen LogP contribution in [0.3, 0.4) is 0 Å². The minimum Gasteiger partial charge on any atom is -0.385 e. The van der Waals surface area contributed by atoms with Gasteiger partial charge >= 0.3 is 0 Å². The highest BCUT2D eigenvalue weighted by Gasteiger charge is 2.37. The first kappa shape index (κ1) is 11.6. The Morgan fingerprint density at radius 2 is 1.50 bits per heavy atom. The number of benzene rings is 1. The number of halogens is 1. The molecule has 88 valence electrons. The van der Waals surface area contributed by atoms with Crippen LogP contribution in [0.5, 0.6) is 0 Å². The molecule has 16 heavy (non-hydrogen) atoms. The fourth-order valence-electron chi connectivity index (χ4n) is 2.39. The Morgan fingerprint density at radius 1 is 1.00 bits per heavy atom. The predicted octanol–water partition coefficient (Wildman–Crippen LogP) is 3.61. The Kier molecular flexibility index (Phi) is 2.79. The quantitative estimate of drug-likeness (QED) is 0.769. The minimum atomic E-state index is -0.747. The maximum absolute atomic E-state index is 12.8. The van der Waals surface area contributed by atoms with Crippen LogP contribution >= 0.6 is 0 Å². The standard InChI is InChI=1S/C14H19FO/c1-13(2)7-9-14(16,10-8-13)11-3-5-12(15)6-4-11/h3-6,16H,7-10H2,1-2H3. The lowest BCUT2D eigenvalue weighted by Crippen LogP contribution is -2.34. The van der Waals surface area contributed by atoms with Crippen molar-refractivity contribution in [2.75, 3.05) is 0 Å². The van der Waals surface area contributed by atoms with E-state index in [0.717, 1.165) is 31.2 Å². The Hall–Kier alpha value is -0.890. The fraction of sp³-hybridized carbons (Fsp3) is 0.571. The van der Waals surface area contributed by atoms with Gasteiger partial charge in [0.05, 0.1) is 5.60 Å². The largest absolute Gasteiger partial charge is 0.385 e. The van der Waals surface area contributed by atoms with Crippen molar-refractivity contribution in [1.82, 2.24) is 0 Å². The molecule has 1 aliphatic carbocycles. The summed E-state index contributed by atoms with van der Waals surface area (Å²) < 4.78 is 12.8. The van der Waals surface area contributed by atoms with Crippen LogP contribution in [-0.2, 0) is 5.60 Å². The summed E-state index contributed by atoms with van der Waals surface area (Å²) in [6.45, 7) is 4.47. The van der Waals surface area contributed by atoms with E-state index in [1.165, 1.54) is 12.1 Å². The van der Waals surface area contributed by atoms with Gasteiger partial charge < -0.3 is 5.11 Å². The van der Waals surface area contributed by atoms with Crippen LogP contribution in [0.2, 0.25) is 0 Å². The Balaban J connectivity index is 2.18. The summed E-state index contributed by atoms with van der Waals surface area (Å²) >= 11 is 0. The summed E-state index contributed by atoms with van der Waals surface area (Å²) in [6, 6.07) is 6.25. The van der Waals surface area contributed by atoms with Gasteiger partial charge in [-0.2, -0.15) is 0 Å². The minimum absolute atomic E-state index is 0.247. The average molecular weight is 222 g/mol. The van der Waals surface area contributed by atoms with Crippen molar-refractivity contribution in [3.63, 3.8) is 0 Å². The SMILES string of the molecule is CC1(C)CCC(O)(c2ccc(F)cc2)CC1. The summed E-state index contributed by atoms with van der Waals surface area (Å²) in [6.07, 6.45) is 3.57. The maximum atomic E-state index is 12.8. The molecule has 1 N–H and O–H groups in total. The van der Waals surface area contributed by atoms with Gasteiger partial charge in [0, 0.05) is 0 Å². The second-order valence-electron chi connectivity index (χ2n) is 5.70. The van der Waals surface area contributed by atoms with E-state index in [9.17, 15) is 9.50 Å². The third-order valence-electron chi connectivity index (χ3n) is 3.81. The van der Waals surface area contributed by atoms with Gasteiger partial charge in [-0.05, 0) is 48.8 Å². The van der Waals surface area contributed by atoms with E-state index >= 15 is 0 Å². The van der Waals surface area contributed by atoms with Crippen LogP contribution in [-0.4, -0.2) is 5.11 Å².